The summed E-state index contributed by atoms with van der Waals surface area (Å²) in [6.45, 7) is 2.07. The molecule has 1 saturated heterocycles. The lowest BCUT2D eigenvalue weighted by Gasteiger charge is -2.52. The Bertz CT molecular complexity index is 1320. The molecular weight excluding hydrogens is 472 g/mol. The Hall–Kier alpha value is -3.32. The number of nitrogens with zero attached hydrogens (tertiary/aromatic N) is 2. The van der Waals surface area contributed by atoms with Gasteiger partial charge in [-0.15, -0.1) is 0 Å². The smallest absolute Gasteiger partial charge is 0.270 e. The zero-order valence-corrected chi connectivity index (χ0v) is 18.6. The summed E-state index contributed by atoms with van der Waals surface area (Å²) in [6, 6.07) is 20.3. The summed E-state index contributed by atoms with van der Waals surface area (Å²) in [6.07, 6.45) is 0. The zero-order chi connectivity index (χ0) is 22.4. The second kappa shape index (κ2) is 6.36. The number of rotatable bonds is 2. The molecule has 3 aliphatic carbocycles. The third kappa shape index (κ3) is 2.19. The van der Waals surface area contributed by atoms with Crippen LogP contribution in [0.4, 0.5) is 11.4 Å². The normalized spacial score (nSPS) is 27.2. The van der Waals surface area contributed by atoms with E-state index in [9.17, 15) is 19.7 Å². The predicted octanol–water partition coefficient (Wildman–Crippen LogP) is 4.93. The van der Waals surface area contributed by atoms with Gasteiger partial charge in [-0.25, -0.2) is 4.90 Å². The largest absolute Gasteiger partial charge is 0.274 e. The summed E-state index contributed by atoms with van der Waals surface area (Å²) in [5.41, 5.74) is 3.98. The van der Waals surface area contributed by atoms with Crippen LogP contribution in [0.5, 0.6) is 0 Å². The van der Waals surface area contributed by atoms with Crippen LogP contribution in [0.1, 0.15) is 35.1 Å². The van der Waals surface area contributed by atoms with Gasteiger partial charge in [-0.05, 0) is 44.3 Å². The van der Waals surface area contributed by atoms with Crippen LogP contribution >= 0.6 is 15.9 Å². The van der Waals surface area contributed by atoms with Crippen LogP contribution < -0.4 is 4.90 Å². The molecule has 0 radical (unpaired) electrons. The molecule has 3 aromatic carbocycles. The van der Waals surface area contributed by atoms with Gasteiger partial charge >= 0.3 is 0 Å². The van der Waals surface area contributed by atoms with E-state index in [1.165, 1.54) is 23.1 Å². The number of halogens is 1. The van der Waals surface area contributed by atoms with Crippen molar-refractivity contribution in [3.8, 4) is 0 Å². The highest BCUT2D eigenvalue weighted by Gasteiger charge is 2.66. The van der Waals surface area contributed by atoms with Crippen LogP contribution in [0.3, 0.4) is 0 Å². The van der Waals surface area contributed by atoms with Crippen molar-refractivity contribution in [1.29, 1.82) is 0 Å². The summed E-state index contributed by atoms with van der Waals surface area (Å²) in [7, 11) is 0. The second-order valence-electron chi connectivity index (χ2n) is 8.76. The number of anilines is 1. The van der Waals surface area contributed by atoms with E-state index >= 15 is 0 Å². The number of benzene rings is 3. The van der Waals surface area contributed by atoms with Crippen LogP contribution in [0, 0.1) is 22.0 Å². The van der Waals surface area contributed by atoms with Gasteiger partial charge in [-0.1, -0.05) is 55.5 Å². The van der Waals surface area contributed by atoms with Crippen molar-refractivity contribution < 1.29 is 14.5 Å². The lowest BCUT2D eigenvalue weighted by Crippen LogP contribution is -2.51. The number of imide groups is 1. The Kier molecular flexibility index (Phi) is 3.85. The maximum Gasteiger partial charge on any atom is 0.270 e. The third-order valence-electron chi connectivity index (χ3n) is 7.43. The summed E-state index contributed by atoms with van der Waals surface area (Å²) in [5.74, 6) is -1.76. The monoisotopic (exact) mass is 488 g/mol. The fourth-order valence-electron chi connectivity index (χ4n) is 6.18. The standard InChI is InChI=1S/C25H17BrN2O4/c1-25-16-8-4-2-6-14(16)20(15-7-3-5-9-17(15)25)21-22(25)24(30)27(23(21)29)19-11-10-13(28(31)32)12-18(19)26/h2-12,20-22H,1H3/t20?,21-,22+,25?/m1/s1. The number of amides is 2. The maximum absolute atomic E-state index is 13.9. The Labute approximate surface area is 192 Å². The first kappa shape index (κ1) is 19.4. The first-order chi connectivity index (χ1) is 15.4. The Balaban J connectivity index is 1.57. The molecule has 3 aromatic rings. The van der Waals surface area contributed by atoms with E-state index < -0.39 is 22.2 Å². The molecule has 7 heteroatoms. The van der Waals surface area contributed by atoms with Crippen LogP contribution in [0.2, 0.25) is 0 Å². The minimum Gasteiger partial charge on any atom is -0.274 e. The summed E-state index contributed by atoms with van der Waals surface area (Å²) in [4.78, 5) is 39.6. The maximum atomic E-state index is 13.9. The van der Waals surface area contributed by atoms with E-state index in [2.05, 4.69) is 47.1 Å². The molecule has 2 amide bonds. The Morgan fingerprint density at radius 3 is 2.09 bits per heavy atom. The highest BCUT2D eigenvalue weighted by atomic mass is 79.9. The fourth-order valence-corrected chi connectivity index (χ4v) is 6.72. The minimum absolute atomic E-state index is 0.107. The van der Waals surface area contributed by atoms with Crippen molar-refractivity contribution in [2.75, 3.05) is 4.90 Å². The van der Waals surface area contributed by atoms with E-state index in [1.54, 1.807) is 0 Å². The molecule has 2 bridgehead atoms. The van der Waals surface area contributed by atoms with Gasteiger partial charge in [-0.3, -0.25) is 19.7 Å². The number of hydrogen-bond donors (Lipinski definition) is 0. The topological polar surface area (TPSA) is 80.5 Å². The van der Waals surface area contributed by atoms with E-state index in [4.69, 9.17) is 0 Å². The number of hydrogen-bond acceptors (Lipinski definition) is 4. The minimum atomic E-state index is -0.638. The molecule has 32 heavy (non-hydrogen) atoms. The molecule has 1 heterocycles. The Morgan fingerprint density at radius 2 is 1.53 bits per heavy atom. The van der Waals surface area contributed by atoms with E-state index in [1.807, 2.05) is 24.3 Å². The molecule has 0 saturated carbocycles. The lowest BCUT2D eigenvalue weighted by atomic mass is 9.48. The molecule has 2 atom stereocenters. The predicted molar refractivity (Wildman–Crippen MR) is 121 cm³/mol. The van der Waals surface area contributed by atoms with Crippen LogP contribution in [-0.2, 0) is 15.0 Å². The van der Waals surface area contributed by atoms with Gasteiger partial charge in [-0.2, -0.15) is 0 Å². The number of nitro benzene ring substituents is 1. The second-order valence-corrected chi connectivity index (χ2v) is 9.62. The van der Waals surface area contributed by atoms with Crippen molar-refractivity contribution in [3.05, 3.63) is 104 Å². The van der Waals surface area contributed by atoms with Gasteiger partial charge < -0.3 is 0 Å². The third-order valence-corrected chi connectivity index (χ3v) is 8.06. The van der Waals surface area contributed by atoms with Crippen LogP contribution in [0.25, 0.3) is 0 Å². The van der Waals surface area contributed by atoms with Gasteiger partial charge in [0, 0.05) is 27.9 Å². The van der Waals surface area contributed by atoms with Crippen molar-refractivity contribution in [2.24, 2.45) is 11.8 Å². The molecule has 158 valence electrons. The van der Waals surface area contributed by atoms with Crippen molar-refractivity contribution in [3.63, 3.8) is 0 Å². The average molecular weight is 489 g/mol. The molecule has 0 N–H and O–H groups in total. The zero-order valence-electron chi connectivity index (χ0n) is 17.0. The summed E-state index contributed by atoms with van der Waals surface area (Å²) < 4.78 is 0.347. The molecule has 1 fully saturated rings. The molecule has 7 rings (SSSR count). The molecule has 4 aliphatic rings. The van der Waals surface area contributed by atoms with Gasteiger partial charge in [0.1, 0.15) is 0 Å². The first-order valence-corrected chi connectivity index (χ1v) is 11.2. The van der Waals surface area contributed by atoms with Gasteiger partial charge in [0.05, 0.1) is 22.4 Å². The molecule has 0 unspecified atom stereocenters. The van der Waals surface area contributed by atoms with Gasteiger partial charge in [0.25, 0.3) is 5.69 Å². The number of carbonyl (C=O) groups is 2. The quantitative estimate of drug-likeness (QED) is 0.291. The van der Waals surface area contributed by atoms with Crippen molar-refractivity contribution in [2.45, 2.75) is 18.3 Å². The SMILES string of the molecule is CC12c3ccccc3C(c3ccccc31)[C@H]1C(=O)N(c3ccc([N+](=O)[O-])cc3Br)C(=O)[C@H]12. The highest BCUT2D eigenvalue weighted by Crippen LogP contribution is 2.64. The van der Waals surface area contributed by atoms with Crippen LogP contribution in [0.15, 0.2) is 71.2 Å². The summed E-state index contributed by atoms with van der Waals surface area (Å²) in [5, 5.41) is 11.1. The average Bonchev–Trinajstić information content (AvgIpc) is 3.06. The molecule has 0 aromatic heterocycles. The molecule has 0 spiro atoms. The van der Waals surface area contributed by atoms with Crippen molar-refractivity contribution in [1.82, 2.24) is 0 Å². The molecule has 6 nitrogen and oxygen atoms in total. The van der Waals surface area contributed by atoms with E-state index in [-0.39, 0.29) is 23.4 Å². The number of nitro groups is 1. The van der Waals surface area contributed by atoms with Gasteiger partial charge in [0.2, 0.25) is 11.8 Å². The van der Waals surface area contributed by atoms with Gasteiger partial charge in [0.15, 0.2) is 0 Å². The van der Waals surface area contributed by atoms with Crippen molar-refractivity contribution >= 4 is 39.1 Å². The summed E-state index contributed by atoms with van der Waals surface area (Å²) >= 11 is 3.35. The highest BCUT2D eigenvalue weighted by molar-refractivity contribution is 9.10. The van der Waals surface area contributed by atoms with Crippen LogP contribution in [-0.4, -0.2) is 16.7 Å². The van der Waals surface area contributed by atoms with E-state index in [0.717, 1.165) is 22.3 Å². The fraction of sp³-hybridized carbons (Fsp3) is 0.200. The molecule has 1 aliphatic heterocycles. The Morgan fingerprint density at radius 1 is 0.938 bits per heavy atom. The number of non-ortho nitro benzene ring substituents is 1. The van der Waals surface area contributed by atoms with E-state index in [0.29, 0.717) is 10.2 Å². The first-order valence-electron chi connectivity index (χ1n) is 10.4. The lowest BCUT2D eigenvalue weighted by molar-refractivity contribution is -0.384. The molecular formula is C25H17BrN2O4. The number of carbonyl (C=O) groups excluding carboxylic acids is 2.